The molecule has 2 nitrogen and oxygen atoms in total. The minimum absolute atomic E-state index is 0.681. The highest BCUT2D eigenvalue weighted by molar-refractivity contribution is 7.17. The molecule has 1 aliphatic carbocycles. The first kappa shape index (κ1) is 7.33. The standard InChI is InChI=1S/C10H10N2S/c1-2-8(1)12-10-9-7(3-5-11-10)4-6-13-9/h3-6,8H,1-2H2,(H,11,12). The van der Waals surface area contributed by atoms with Crippen molar-refractivity contribution in [2.45, 2.75) is 18.9 Å². The maximum absolute atomic E-state index is 4.36. The molecule has 0 aromatic carbocycles. The Hall–Kier alpha value is -1.09. The zero-order valence-corrected chi connectivity index (χ0v) is 7.97. The van der Waals surface area contributed by atoms with Crippen molar-refractivity contribution in [3.63, 3.8) is 0 Å². The van der Waals surface area contributed by atoms with Gasteiger partial charge in [0.25, 0.3) is 0 Å². The molecule has 2 aromatic rings. The van der Waals surface area contributed by atoms with E-state index in [1.165, 1.54) is 22.9 Å². The van der Waals surface area contributed by atoms with Crippen LogP contribution >= 0.6 is 11.3 Å². The number of nitrogens with one attached hydrogen (secondary N) is 1. The van der Waals surface area contributed by atoms with Gasteiger partial charge < -0.3 is 5.32 Å². The number of thiophene rings is 1. The van der Waals surface area contributed by atoms with Gasteiger partial charge in [0.15, 0.2) is 0 Å². The van der Waals surface area contributed by atoms with Crippen molar-refractivity contribution in [1.29, 1.82) is 0 Å². The molecule has 0 radical (unpaired) electrons. The van der Waals surface area contributed by atoms with Gasteiger partial charge in [-0.1, -0.05) is 0 Å². The lowest BCUT2D eigenvalue weighted by Gasteiger charge is -2.03. The minimum Gasteiger partial charge on any atom is -0.366 e. The van der Waals surface area contributed by atoms with E-state index in [0.717, 1.165) is 5.82 Å². The lowest BCUT2D eigenvalue weighted by molar-refractivity contribution is 1.13. The maximum Gasteiger partial charge on any atom is 0.144 e. The van der Waals surface area contributed by atoms with Crippen LogP contribution in [0.5, 0.6) is 0 Å². The monoisotopic (exact) mass is 190 g/mol. The molecule has 1 N–H and O–H groups in total. The van der Waals surface area contributed by atoms with E-state index in [1.807, 2.05) is 6.20 Å². The van der Waals surface area contributed by atoms with Crippen LogP contribution in [0.3, 0.4) is 0 Å². The van der Waals surface area contributed by atoms with Gasteiger partial charge in [-0.3, -0.25) is 0 Å². The van der Waals surface area contributed by atoms with Crippen molar-refractivity contribution in [2.75, 3.05) is 5.32 Å². The number of anilines is 1. The summed E-state index contributed by atoms with van der Waals surface area (Å²) >= 11 is 1.76. The highest BCUT2D eigenvalue weighted by Gasteiger charge is 2.22. The van der Waals surface area contributed by atoms with Gasteiger partial charge in [-0.05, 0) is 35.7 Å². The summed E-state index contributed by atoms with van der Waals surface area (Å²) in [5.74, 6) is 1.06. The van der Waals surface area contributed by atoms with Crippen molar-refractivity contribution >= 4 is 27.2 Å². The van der Waals surface area contributed by atoms with Gasteiger partial charge in [0.1, 0.15) is 5.82 Å². The third kappa shape index (κ3) is 1.29. The number of hydrogen-bond donors (Lipinski definition) is 1. The maximum atomic E-state index is 4.36. The Kier molecular flexibility index (Phi) is 1.52. The van der Waals surface area contributed by atoms with Crippen molar-refractivity contribution in [3.05, 3.63) is 23.7 Å². The van der Waals surface area contributed by atoms with E-state index in [1.54, 1.807) is 11.3 Å². The summed E-state index contributed by atoms with van der Waals surface area (Å²) in [6.45, 7) is 0. The van der Waals surface area contributed by atoms with Gasteiger partial charge in [0, 0.05) is 12.2 Å². The molecule has 0 saturated heterocycles. The van der Waals surface area contributed by atoms with Crippen molar-refractivity contribution in [2.24, 2.45) is 0 Å². The molecule has 0 spiro atoms. The van der Waals surface area contributed by atoms with E-state index < -0.39 is 0 Å². The molecule has 1 fully saturated rings. The second-order valence-corrected chi connectivity index (χ2v) is 4.33. The Bertz CT molecular complexity index is 431. The van der Waals surface area contributed by atoms with Crippen molar-refractivity contribution in [3.8, 4) is 0 Å². The molecule has 66 valence electrons. The van der Waals surface area contributed by atoms with Crippen LogP contribution in [0.1, 0.15) is 12.8 Å². The van der Waals surface area contributed by atoms with Crippen LogP contribution in [0.25, 0.3) is 10.1 Å². The third-order valence-corrected chi connectivity index (χ3v) is 3.22. The fraction of sp³-hybridized carbons (Fsp3) is 0.300. The molecular weight excluding hydrogens is 180 g/mol. The molecule has 0 amide bonds. The Morgan fingerprint density at radius 3 is 3.15 bits per heavy atom. The normalized spacial score (nSPS) is 16.3. The van der Waals surface area contributed by atoms with Crippen LogP contribution in [0.2, 0.25) is 0 Å². The predicted octanol–water partition coefficient (Wildman–Crippen LogP) is 2.87. The van der Waals surface area contributed by atoms with Crippen molar-refractivity contribution in [1.82, 2.24) is 4.98 Å². The molecule has 1 aliphatic rings. The van der Waals surface area contributed by atoms with Crippen LogP contribution in [-0.4, -0.2) is 11.0 Å². The quantitative estimate of drug-likeness (QED) is 0.787. The summed E-state index contributed by atoms with van der Waals surface area (Å²) in [4.78, 5) is 4.36. The molecule has 2 heterocycles. The van der Waals surface area contributed by atoms with Gasteiger partial charge in [-0.15, -0.1) is 11.3 Å². The van der Waals surface area contributed by atoms with Crippen LogP contribution in [0.4, 0.5) is 5.82 Å². The topological polar surface area (TPSA) is 24.9 Å². The molecule has 0 atom stereocenters. The SMILES string of the molecule is c1cc2ccsc2c(NC2CC2)n1. The number of pyridine rings is 1. The number of fused-ring (bicyclic) bond motifs is 1. The largest absolute Gasteiger partial charge is 0.366 e. The van der Waals surface area contributed by atoms with Crippen LogP contribution in [0.15, 0.2) is 23.7 Å². The fourth-order valence-electron chi connectivity index (χ4n) is 1.42. The van der Waals surface area contributed by atoms with Gasteiger partial charge >= 0.3 is 0 Å². The minimum atomic E-state index is 0.681. The first-order valence-corrected chi connectivity index (χ1v) is 5.40. The third-order valence-electron chi connectivity index (χ3n) is 2.29. The van der Waals surface area contributed by atoms with Gasteiger partial charge in [-0.2, -0.15) is 0 Å². The van der Waals surface area contributed by atoms with E-state index in [-0.39, 0.29) is 0 Å². The molecule has 2 aromatic heterocycles. The van der Waals surface area contributed by atoms with Crippen LogP contribution in [-0.2, 0) is 0 Å². The van der Waals surface area contributed by atoms with Gasteiger partial charge in [0.05, 0.1) is 4.70 Å². The Morgan fingerprint density at radius 1 is 1.38 bits per heavy atom. The molecule has 3 rings (SSSR count). The highest BCUT2D eigenvalue weighted by Crippen LogP contribution is 2.30. The van der Waals surface area contributed by atoms with Gasteiger partial charge in [-0.25, -0.2) is 4.98 Å². The Labute approximate surface area is 80.6 Å². The summed E-state index contributed by atoms with van der Waals surface area (Å²) in [5.41, 5.74) is 0. The average Bonchev–Trinajstić information content (AvgIpc) is 2.83. The van der Waals surface area contributed by atoms with E-state index in [0.29, 0.717) is 6.04 Å². The molecule has 13 heavy (non-hydrogen) atoms. The summed E-state index contributed by atoms with van der Waals surface area (Å²) in [6.07, 6.45) is 4.46. The highest BCUT2D eigenvalue weighted by atomic mass is 32.1. The summed E-state index contributed by atoms with van der Waals surface area (Å²) < 4.78 is 1.29. The summed E-state index contributed by atoms with van der Waals surface area (Å²) in [7, 11) is 0. The molecule has 0 unspecified atom stereocenters. The Balaban J connectivity index is 2.09. The van der Waals surface area contributed by atoms with E-state index in [2.05, 4.69) is 27.8 Å². The number of aromatic nitrogens is 1. The van der Waals surface area contributed by atoms with Gasteiger partial charge in [0.2, 0.25) is 0 Å². The number of nitrogens with zero attached hydrogens (tertiary/aromatic N) is 1. The number of hydrogen-bond acceptors (Lipinski definition) is 3. The average molecular weight is 190 g/mol. The van der Waals surface area contributed by atoms with E-state index >= 15 is 0 Å². The van der Waals surface area contributed by atoms with Crippen LogP contribution in [0, 0.1) is 0 Å². The first-order chi connectivity index (χ1) is 6.43. The zero-order chi connectivity index (χ0) is 8.67. The van der Waals surface area contributed by atoms with E-state index in [4.69, 9.17) is 0 Å². The predicted molar refractivity (Wildman–Crippen MR) is 56.3 cm³/mol. The van der Waals surface area contributed by atoms with E-state index in [9.17, 15) is 0 Å². The first-order valence-electron chi connectivity index (χ1n) is 4.52. The van der Waals surface area contributed by atoms with Crippen molar-refractivity contribution < 1.29 is 0 Å². The van der Waals surface area contributed by atoms with Crippen LogP contribution < -0.4 is 5.32 Å². The molecule has 1 saturated carbocycles. The second-order valence-electron chi connectivity index (χ2n) is 3.42. The zero-order valence-electron chi connectivity index (χ0n) is 7.16. The molecule has 0 bridgehead atoms. The lowest BCUT2D eigenvalue weighted by Crippen LogP contribution is -2.02. The smallest absolute Gasteiger partial charge is 0.144 e. The molecule has 3 heteroatoms. The lowest BCUT2D eigenvalue weighted by atomic mass is 10.3. The fourth-order valence-corrected chi connectivity index (χ4v) is 2.26. The number of rotatable bonds is 2. The molecular formula is C10H10N2S. The summed E-state index contributed by atoms with van der Waals surface area (Å²) in [5, 5.41) is 6.85. The molecule has 0 aliphatic heterocycles. The Morgan fingerprint density at radius 2 is 2.31 bits per heavy atom. The summed E-state index contributed by atoms with van der Waals surface area (Å²) in [6, 6.07) is 4.88. The second kappa shape index (κ2) is 2.70.